The molecular weight excluding hydrogens is 676 g/mol. The van der Waals surface area contributed by atoms with Gasteiger partial charge in [-0.25, -0.2) is 9.18 Å². The zero-order valence-corrected chi connectivity index (χ0v) is 31.4. The second-order valence-electron chi connectivity index (χ2n) is 15.9. The molecule has 4 aliphatic heterocycles. The van der Waals surface area contributed by atoms with Crippen molar-refractivity contribution in [3.8, 4) is 0 Å². The lowest BCUT2D eigenvalue weighted by Gasteiger charge is -2.38. The van der Waals surface area contributed by atoms with E-state index in [0.29, 0.717) is 50.6 Å². The summed E-state index contributed by atoms with van der Waals surface area (Å²) in [5.74, 6) is 0.0494. The third kappa shape index (κ3) is 7.94. The molecule has 0 aliphatic carbocycles. The van der Waals surface area contributed by atoms with Gasteiger partial charge < -0.3 is 24.9 Å². The molecule has 11 heteroatoms. The lowest BCUT2D eigenvalue weighted by molar-refractivity contribution is -0.137. The van der Waals surface area contributed by atoms with Crippen molar-refractivity contribution in [2.45, 2.75) is 88.3 Å². The Balaban J connectivity index is 0.00000280. The van der Waals surface area contributed by atoms with Crippen LogP contribution in [0, 0.1) is 11.2 Å². The average Bonchev–Trinajstić information content (AvgIpc) is 3.34. The highest BCUT2D eigenvalue weighted by molar-refractivity contribution is 8.01. The van der Waals surface area contributed by atoms with Crippen LogP contribution in [0.3, 0.4) is 0 Å². The Morgan fingerprint density at radius 2 is 1.67 bits per heavy atom. The first-order valence-corrected chi connectivity index (χ1v) is 19.8. The predicted molar refractivity (Wildman–Crippen MR) is 209 cm³/mol. The molecule has 4 aliphatic rings. The number of anilines is 2. The fourth-order valence-electron chi connectivity index (χ4n) is 8.24. The number of amides is 4. The molecule has 2 atom stereocenters. The normalized spacial score (nSPS) is 22.0. The lowest BCUT2D eigenvalue weighted by atomic mass is 9.89. The van der Waals surface area contributed by atoms with E-state index in [2.05, 4.69) is 54.2 Å². The summed E-state index contributed by atoms with van der Waals surface area (Å²) in [5.41, 5.74) is 4.66. The molecule has 3 aromatic rings. The summed E-state index contributed by atoms with van der Waals surface area (Å²) in [6, 6.07) is 17.3. The molecule has 2 aromatic carbocycles. The smallest absolute Gasteiger partial charge is 0.322 e. The summed E-state index contributed by atoms with van der Waals surface area (Å²) in [4.78, 5) is 53.1. The first-order chi connectivity index (χ1) is 25.1. The largest absolute Gasteiger partial charge is 0.369 e. The fraction of sp³-hybridized carbons (Fsp3) is 0.512. The van der Waals surface area contributed by atoms with Crippen LogP contribution in [0.15, 0.2) is 67.0 Å². The molecule has 7 rings (SSSR count). The van der Waals surface area contributed by atoms with Gasteiger partial charge in [-0.2, -0.15) is 0 Å². The van der Waals surface area contributed by atoms with Crippen molar-refractivity contribution in [2.24, 2.45) is 5.41 Å². The van der Waals surface area contributed by atoms with Crippen molar-refractivity contribution in [3.05, 3.63) is 89.5 Å². The van der Waals surface area contributed by atoms with E-state index in [1.807, 2.05) is 51.4 Å². The van der Waals surface area contributed by atoms with Crippen molar-refractivity contribution in [2.75, 3.05) is 49.5 Å². The van der Waals surface area contributed by atoms with E-state index >= 15 is 4.39 Å². The van der Waals surface area contributed by atoms with Gasteiger partial charge in [-0.15, -0.1) is 11.8 Å². The van der Waals surface area contributed by atoms with E-state index in [1.54, 1.807) is 6.07 Å². The minimum Gasteiger partial charge on any atom is -0.369 e. The number of rotatable bonds is 8. The first-order valence-electron chi connectivity index (χ1n) is 18.9. The van der Waals surface area contributed by atoms with E-state index < -0.39 is 5.25 Å². The number of fused-ring (bicyclic) bond motifs is 1. The van der Waals surface area contributed by atoms with Crippen molar-refractivity contribution >= 4 is 41.0 Å². The number of urea groups is 1. The number of halogens is 1. The number of hydrogen-bond donors (Lipinski definition) is 1. The van der Waals surface area contributed by atoms with Gasteiger partial charge >= 0.3 is 6.03 Å². The number of aromatic nitrogens is 1. The van der Waals surface area contributed by atoms with Gasteiger partial charge in [-0.05, 0) is 85.3 Å². The number of nitrogens with one attached hydrogen (secondary N) is 1. The first kappa shape index (κ1) is 36.2. The standard InChI is InChI=1S/C41H51FN6O3S.2H2/c1-41(2,3)18-26-48-38(50)35(27-36(49)45-23-16-31(17-24-45)47-25-15-30-7-4-5-10-34(30)44-40(47)51)52-39(48)32-8-6-9-33(42)37(32)46-21-13-29(14-22-46)28-11-19-43-20-12-28;;/h4-12,19-20,29,31,35,39H,13-18,21-27H2,1-3H3,(H,44,51);2*1H/t35-,39?;;/m0../s1. The Bertz CT molecular complexity index is 1760. The van der Waals surface area contributed by atoms with Crippen LogP contribution >= 0.6 is 11.8 Å². The molecule has 0 spiro atoms. The van der Waals surface area contributed by atoms with Gasteiger partial charge in [-0.1, -0.05) is 51.1 Å². The van der Waals surface area contributed by atoms with Crippen LogP contribution in [0.4, 0.5) is 20.6 Å². The highest BCUT2D eigenvalue weighted by Gasteiger charge is 2.44. The molecule has 4 amide bonds. The van der Waals surface area contributed by atoms with Crippen LogP contribution in [0.5, 0.6) is 0 Å². The Morgan fingerprint density at radius 1 is 0.942 bits per heavy atom. The Labute approximate surface area is 314 Å². The van der Waals surface area contributed by atoms with Crippen LogP contribution in [0.2, 0.25) is 0 Å². The number of thioether (sulfide) groups is 1. The van der Waals surface area contributed by atoms with Gasteiger partial charge in [0.1, 0.15) is 11.2 Å². The molecule has 0 saturated carbocycles. The van der Waals surface area contributed by atoms with Gasteiger partial charge in [0.25, 0.3) is 0 Å². The van der Waals surface area contributed by atoms with Crippen LogP contribution < -0.4 is 10.2 Å². The molecule has 9 nitrogen and oxygen atoms in total. The number of carbonyl (C=O) groups excluding carboxylic acids is 3. The summed E-state index contributed by atoms with van der Waals surface area (Å²) in [5, 5.41) is 2.14. The van der Waals surface area contributed by atoms with Gasteiger partial charge in [0.15, 0.2) is 0 Å². The van der Waals surface area contributed by atoms with Crippen LogP contribution in [-0.4, -0.2) is 88.1 Å². The van der Waals surface area contributed by atoms with Crippen molar-refractivity contribution < 1.29 is 21.6 Å². The predicted octanol–water partition coefficient (Wildman–Crippen LogP) is 7.95. The quantitative estimate of drug-likeness (QED) is 0.253. The number of carbonyl (C=O) groups is 3. The maximum Gasteiger partial charge on any atom is 0.322 e. The molecule has 0 radical (unpaired) electrons. The third-order valence-corrected chi connectivity index (χ3v) is 12.7. The number of hydrogen-bond acceptors (Lipinski definition) is 6. The minimum atomic E-state index is -0.543. The number of pyridine rings is 1. The topological polar surface area (TPSA) is 89.1 Å². The number of nitrogens with zero attached hydrogens (tertiary/aromatic N) is 5. The summed E-state index contributed by atoms with van der Waals surface area (Å²) < 4.78 is 15.9. The number of piperidine rings is 2. The zero-order chi connectivity index (χ0) is 36.4. The SMILES string of the molecule is CC(C)(C)CCN1C(=O)[C@H](CC(=O)N2CCC(N3CCc4ccccc4NC3=O)CC2)SC1c1cccc(F)c1N1CCC(c2ccncc2)CC1.[HH].[HH]. The third-order valence-electron chi connectivity index (χ3n) is 11.3. The van der Waals surface area contributed by atoms with Gasteiger partial charge in [-0.3, -0.25) is 14.6 Å². The second kappa shape index (κ2) is 15.5. The zero-order valence-electron chi connectivity index (χ0n) is 30.6. The Morgan fingerprint density at radius 3 is 2.40 bits per heavy atom. The van der Waals surface area contributed by atoms with Crippen molar-refractivity contribution in [1.29, 1.82) is 0 Å². The Kier molecular flexibility index (Phi) is 10.8. The van der Waals surface area contributed by atoms with Crippen molar-refractivity contribution in [1.82, 2.24) is 19.7 Å². The molecule has 1 unspecified atom stereocenters. The summed E-state index contributed by atoms with van der Waals surface area (Å²) in [6.45, 7) is 10.2. The maximum atomic E-state index is 15.9. The number of likely N-dealkylation sites (tertiary alicyclic amines) is 1. The molecule has 5 heterocycles. The summed E-state index contributed by atoms with van der Waals surface area (Å²) in [6.07, 6.45) is 8.57. The number of para-hydroxylation sites is 2. The average molecular weight is 731 g/mol. The summed E-state index contributed by atoms with van der Waals surface area (Å²) >= 11 is 1.49. The highest BCUT2D eigenvalue weighted by atomic mass is 32.2. The van der Waals surface area contributed by atoms with E-state index in [1.165, 1.54) is 23.4 Å². The Hall–Kier alpha value is -4.12. The molecular formula is C41H55FN6O3S. The number of benzene rings is 2. The van der Waals surface area contributed by atoms with Gasteiger partial charge in [0.05, 0.1) is 10.9 Å². The van der Waals surface area contributed by atoms with Crippen molar-refractivity contribution in [3.63, 3.8) is 0 Å². The molecule has 3 fully saturated rings. The molecule has 280 valence electrons. The van der Waals surface area contributed by atoms with E-state index in [0.717, 1.165) is 55.6 Å². The van der Waals surface area contributed by atoms with E-state index in [9.17, 15) is 14.4 Å². The summed E-state index contributed by atoms with van der Waals surface area (Å²) in [7, 11) is 0. The monoisotopic (exact) mass is 730 g/mol. The van der Waals surface area contributed by atoms with E-state index in [-0.39, 0.29) is 49.8 Å². The molecule has 52 heavy (non-hydrogen) atoms. The molecule has 3 saturated heterocycles. The van der Waals surface area contributed by atoms with Gasteiger partial charge in [0, 0.05) is 78.2 Å². The van der Waals surface area contributed by atoms with E-state index in [4.69, 9.17) is 0 Å². The van der Waals surface area contributed by atoms with Crippen LogP contribution in [0.25, 0.3) is 0 Å². The van der Waals surface area contributed by atoms with Crippen LogP contribution in [-0.2, 0) is 16.0 Å². The molecule has 0 bridgehead atoms. The second-order valence-corrected chi connectivity index (χ2v) is 17.2. The minimum absolute atomic E-state index is 0. The van der Waals surface area contributed by atoms with Gasteiger partial charge in [0.2, 0.25) is 11.8 Å². The highest BCUT2D eigenvalue weighted by Crippen LogP contribution is 2.49. The maximum absolute atomic E-state index is 15.9. The fourth-order valence-corrected chi connectivity index (χ4v) is 9.73. The molecule has 1 N–H and O–H groups in total. The molecule has 1 aromatic heterocycles. The lowest BCUT2D eigenvalue weighted by Crippen LogP contribution is -2.50. The van der Waals surface area contributed by atoms with Crippen LogP contribution in [0.1, 0.15) is 90.1 Å².